The van der Waals surface area contributed by atoms with E-state index in [2.05, 4.69) is 10.5 Å². The number of carbonyl (C=O) groups excluding carboxylic acids is 1. The molecule has 0 atom stereocenters. The van der Waals surface area contributed by atoms with E-state index in [0.717, 1.165) is 22.0 Å². The molecule has 31 heavy (non-hydrogen) atoms. The summed E-state index contributed by atoms with van der Waals surface area (Å²) in [5.74, 6) is -1.18. The number of hydrogen-bond donors (Lipinski definition) is 1. The highest BCUT2D eigenvalue weighted by molar-refractivity contribution is 7.92. The molecule has 0 aromatic heterocycles. The Morgan fingerprint density at radius 1 is 1.03 bits per heavy atom. The van der Waals surface area contributed by atoms with Gasteiger partial charge >= 0.3 is 0 Å². The van der Waals surface area contributed by atoms with Crippen LogP contribution in [0, 0.1) is 12.7 Å². The molecular weight excluding hydrogens is 441 g/mol. The van der Waals surface area contributed by atoms with Gasteiger partial charge in [-0.25, -0.2) is 18.2 Å². The molecule has 0 saturated carbocycles. The van der Waals surface area contributed by atoms with Gasteiger partial charge in [0.2, 0.25) is 0 Å². The average Bonchev–Trinajstić information content (AvgIpc) is 2.74. The molecule has 9 heteroatoms. The lowest BCUT2D eigenvalue weighted by Crippen LogP contribution is -2.39. The molecule has 3 aromatic carbocycles. The van der Waals surface area contributed by atoms with Gasteiger partial charge < -0.3 is 0 Å². The topological polar surface area (TPSA) is 78.8 Å². The maximum Gasteiger partial charge on any atom is 0.264 e. The minimum absolute atomic E-state index is 0.0138. The molecule has 0 bridgehead atoms. The first-order chi connectivity index (χ1) is 14.8. The van der Waals surface area contributed by atoms with E-state index < -0.39 is 28.3 Å². The van der Waals surface area contributed by atoms with E-state index in [4.69, 9.17) is 11.6 Å². The summed E-state index contributed by atoms with van der Waals surface area (Å²) in [6, 6.07) is 17.9. The fourth-order valence-corrected chi connectivity index (χ4v) is 4.20. The van der Waals surface area contributed by atoms with Crippen LogP contribution in [0.4, 0.5) is 10.1 Å². The van der Waals surface area contributed by atoms with Gasteiger partial charge in [-0.05, 0) is 61.0 Å². The van der Waals surface area contributed by atoms with Gasteiger partial charge in [0.1, 0.15) is 12.4 Å². The van der Waals surface area contributed by atoms with Crippen molar-refractivity contribution in [2.75, 3.05) is 10.8 Å². The van der Waals surface area contributed by atoms with Gasteiger partial charge in [0.05, 0.1) is 16.8 Å². The third kappa shape index (κ3) is 5.90. The zero-order valence-electron chi connectivity index (χ0n) is 16.5. The van der Waals surface area contributed by atoms with Crippen LogP contribution in [-0.4, -0.2) is 27.1 Å². The van der Waals surface area contributed by atoms with Crippen molar-refractivity contribution >= 4 is 39.4 Å². The van der Waals surface area contributed by atoms with Crippen LogP contribution in [0.2, 0.25) is 5.02 Å². The molecule has 0 aliphatic rings. The number of nitrogens with zero attached hydrogens (tertiary/aromatic N) is 2. The van der Waals surface area contributed by atoms with Crippen molar-refractivity contribution < 1.29 is 17.6 Å². The monoisotopic (exact) mass is 459 g/mol. The molecule has 0 saturated heterocycles. The lowest BCUT2D eigenvalue weighted by atomic mass is 10.2. The number of benzene rings is 3. The quantitative estimate of drug-likeness (QED) is 0.426. The Bertz CT molecular complexity index is 1180. The standard InChI is InChI=1S/C22H19ClFN3O3S/c1-16-2-12-21(13-3-16)31(29,30)27(20-10-8-19(24)9-11-20)15-22(28)26-25-14-17-4-6-18(23)7-5-17/h2-14H,15H2,1H3,(H,26,28)/b25-14-. The minimum atomic E-state index is -4.08. The minimum Gasteiger partial charge on any atom is -0.271 e. The van der Waals surface area contributed by atoms with Crippen LogP contribution < -0.4 is 9.73 Å². The number of anilines is 1. The molecule has 6 nitrogen and oxygen atoms in total. The summed E-state index contributed by atoms with van der Waals surface area (Å²) >= 11 is 5.82. The van der Waals surface area contributed by atoms with Crippen LogP contribution in [0.3, 0.4) is 0 Å². The van der Waals surface area contributed by atoms with E-state index in [1.165, 1.54) is 30.5 Å². The third-order valence-corrected chi connectivity index (χ3v) is 6.32. The molecule has 0 fully saturated rings. The number of halogens is 2. The lowest BCUT2D eigenvalue weighted by Gasteiger charge is -2.23. The predicted molar refractivity (Wildman–Crippen MR) is 119 cm³/mol. The maximum absolute atomic E-state index is 13.4. The first kappa shape index (κ1) is 22.5. The molecule has 0 aliphatic carbocycles. The Labute approximate surface area is 185 Å². The number of rotatable bonds is 7. The molecule has 0 radical (unpaired) electrons. The summed E-state index contributed by atoms with van der Waals surface area (Å²) in [6.45, 7) is 1.29. The number of amides is 1. The van der Waals surface area contributed by atoms with Gasteiger partial charge in [-0.3, -0.25) is 9.10 Å². The number of sulfonamides is 1. The van der Waals surface area contributed by atoms with Gasteiger partial charge in [-0.1, -0.05) is 41.4 Å². The average molecular weight is 460 g/mol. The zero-order valence-corrected chi connectivity index (χ0v) is 18.1. The molecule has 160 valence electrons. The molecule has 0 aliphatic heterocycles. The highest BCUT2D eigenvalue weighted by Gasteiger charge is 2.27. The van der Waals surface area contributed by atoms with Gasteiger partial charge in [0, 0.05) is 5.02 Å². The predicted octanol–water partition coefficient (Wildman–Crippen LogP) is 4.13. The maximum atomic E-state index is 13.4. The largest absolute Gasteiger partial charge is 0.271 e. The molecule has 1 amide bonds. The summed E-state index contributed by atoms with van der Waals surface area (Å²) in [5.41, 5.74) is 4.05. The molecule has 3 rings (SSSR count). The number of carbonyl (C=O) groups is 1. The SMILES string of the molecule is Cc1ccc(S(=O)(=O)N(CC(=O)N/N=C\c2ccc(Cl)cc2)c2ccc(F)cc2)cc1. The van der Waals surface area contributed by atoms with Gasteiger partial charge in [-0.2, -0.15) is 5.10 Å². The summed E-state index contributed by atoms with van der Waals surface area (Å²) in [5, 5.41) is 4.42. The van der Waals surface area contributed by atoms with E-state index in [1.54, 1.807) is 36.4 Å². The first-order valence-corrected chi connectivity index (χ1v) is 11.0. The molecule has 1 N–H and O–H groups in total. The van der Waals surface area contributed by atoms with Crippen LogP contribution >= 0.6 is 11.6 Å². The number of nitrogens with one attached hydrogen (secondary N) is 1. The highest BCUT2D eigenvalue weighted by atomic mass is 35.5. The van der Waals surface area contributed by atoms with Crippen LogP contribution in [0.1, 0.15) is 11.1 Å². The summed E-state index contributed by atoms with van der Waals surface area (Å²) in [7, 11) is -4.08. The summed E-state index contributed by atoms with van der Waals surface area (Å²) in [6.07, 6.45) is 1.41. The van der Waals surface area contributed by atoms with Crippen LogP contribution in [0.25, 0.3) is 0 Å². The van der Waals surface area contributed by atoms with E-state index in [-0.39, 0.29) is 10.6 Å². The van der Waals surface area contributed by atoms with Crippen molar-refractivity contribution in [2.24, 2.45) is 5.10 Å². The van der Waals surface area contributed by atoms with Crippen molar-refractivity contribution in [2.45, 2.75) is 11.8 Å². The second-order valence-corrected chi connectivity index (χ2v) is 8.94. The highest BCUT2D eigenvalue weighted by Crippen LogP contribution is 2.24. The normalized spacial score (nSPS) is 11.5. The van der Waals surface area contributed by atoms with Crippen LogP contribution in [0.5, 0.6) is 0 Å². The molecule has 0 spiro atoms. The third-order valence-electron chi connectivity index (χ3n) is 4.28. The molecular formula is C22H19ClFN3O3S. The number of aryl methyl sites for hydroxylation is 1. The Morgan fingerprint density at radius 2 is 1.65 bits per heavy atom. The fourth-order valence-electron chi connectivity index (χ4n) is 2.65. The van der Waals surface area contributed by atoms with Crippen molar-refractivity contribution in [1.29, 1.82) is 0 Å². The second-order valence-electron chi connectivity index (χ2n) is 6.65. The Balaban J connectivity index is 1.82. The van der Waals surface area contributed by atoms with E-state index in [1.807, 2.05) is 6.92 Å². The smallest absolute Gasteiger partial charge is 0.264 e. The fraction of sp³-hybridized carbons (Fsp3) is 0.0909. The van der Waals surface area contributed by atoms with Crippen LogP contribution in [0.15, 0.2) is 82.8 Å². The van der Waals surface area contributed by atoms with E-state index >= 15 is 0 Å². The van der Waals surface area contributed by atoms with Crippen LogP contribution in [-0.2, 0) is 14.8 Å². The van der Waals surface area contributed by atoms with Crippen molar-refractivity contribution in [1.82, 2.24) is 5.43 Å². The van der Waals surface area contributed by atoms with Crippen molar-refractivity contribution in [3.63, 3.8) is 0 Å². The zero-order chi connectivity index (χ0) is 22.4. The van der Waals surface area contributed by atoms with Crippen molar-refractivity contribution in [3.8, 4) is 0 Å². The lowest BCUT2D eigenvalue weighted by molar-refractivity contribution is -0.119. The molecule has 3 aromatic rings. The number of hydrogen-bond acceptors (Lipinski definition) is 4. The Morgan fingerprint density at radius 3 is 2.26 bits per heavy atom. The van der Waals surface area contributed by atoms with Gasteiger partial charge in [0.15, 0.2) is 0 Å². The molecule has 0 unspecified atom stereocenters. The Hall–Kier alpha value is -3.23. The summed E-state index contributed by atoms with van der Waals surface area (Å²) < 4.78 is 40.6. The molecule has 0 heterocycles. The van der Waals surface area contributed by atoms with Crippen molar-refractivity contribution in [3.05, 3.63) is 94.8 Å². The van der Waals surface area contributed by atoms with E-state index in [9.17, 15) is 17.6 Å². The Kier molecular flexibility index (Phi) is 7.04. The number of hydrazone groups is 1. The summed E-state index contributed by atoms with van der Waals surface area (Å²) in [4.78, 5) is 12.5. The van der Waals surface area contributed by atoms with E-state index in [0.29, 0.717) is 10.6 Å². The van der Waals surface area contributed by atoms with Gasteiger partial charge in [-0.15, -0.1) is 0 Å². The second kappa shape index (κ2) is 9.72. The van der Waals surface area contributed by atoms with Gasteiger partial charge in [0.25, 0.3) is 15.9 Å². The first-order valence-electron chi connectivity index (χ1n) is 9.18.